The second kappa shape index (κ2) is 12.6. The maximum atomic E-state index is 12.3. The van der Waals surface area contributed by atoms with Gasteiger partial charge in [0.25, 0.3) is 0 Å². The molecule has 4 heteroatoms. The molecule has 1 aliphatic carbocycles. The first kappa shape index (κ1) is 23.3. The molecule has 2 unspecified atom stereocenters. The van der Waals surface area contributed by atoms with E-state index < -0.39 is 5.97 Å². The number of Topliss-reactive ketones (excluding diaryl/α,β-unsaturated/α-hetero) is 1. The fourth-order valence-electron chi connectivity index (χ4n) is 4.12. The van der Waals surface area contributed by atoms with Crippen molar-refractivity contribution in [2.45, 2.75) is 83.7 Å². The van der Waals surface area contributed by atoms with Gasteiger partial charge in [0.05, 0.1) is 11.7 Å². The van der Waals surface area contributed by atoms with Crippen molar-refractivity contribution >= 4 is 11.8 Å². The highest BCUT2D eigenvalue weighted by Gasteiger charge is 2.27. The van der Waals surface area contributed by atoms with Crippen molar-refractivity contribution < 1.29 is 19.8 Å². The number of hydrogen-bond acceptors (Lipinski definition) is 3. The van der Waals surface area contributed by atoms with Crippen LogP contribution in [0.5, 0.6) is 0 Å². The number of hydrogen-bond donors (Lipinski definition) is 2. The summed E-state index contributed by atoms with van der Waals surface area (Å²) >= 11 is 0. The minimum atomic E-state index is -0.899. The Labute approximate surface area is 175 Å². The van der Waals surface area contributed by atoms with Crippen LogP contribution in [0.2, 0.25) is 0 Å². The van der Waals surface area contributed by atoms with Crippen LogP contribution in [0.1, 0.15) is 87.1 Å². The molecule has 0 spiro atoms. The van der Waals surface area contributed by atoms with Crippen LogP contribution in [0.3, 0.4) is 0 Å². The molecule has 1 aromatic rings. The van der Waals surface area contributed by atoms with Crippen molar-refractivity contribution in [2.24, 2.45) is 11.8 Å². The summed E-state index contributed by atoms with van der Waals surface area (Å²) in [6.45, 7) is 2.16. The molecule has 0 amide bonds. The lowest BCUT2D eigenvalue weighted by Crippen LogP contribution is -2.24. The molecular formula is C25H36O4. The van der Waals surface area contributed by atoms with E-state index in [1.165, 1.54) is 0 Å². The topological polar surface area (TPSA) is 74.6 Å². The van der Waals surface area contributed by atoms with Gasteiger partial charge in [-0.05, 0) is 62.1 Å². The first-order chi connectivity index (χ1) is 14.0. The molecule has 160 valence electrons. The highest BCUT2D eigenvalue weighted by atomic mass is 16.4. The molecule has 0 heterocycles. The fraction of sp³-hybridized carbons (Fsp3) is 0.600. The molecule has 0 aliphatic heterocycles. The van der Waals surface area contributed by atoms with Gasteiger partial charge in [-0.1, -0.05) is 56.9 Å². The summed E-state index contributed by atoms with van der Waals surface area (Å²) in [4.78, 5) is 23.2. The van der Waals surface area contributed by atoms with E-state index in [9.17, 15) is 14.7 Å². The molecule has 2 rings (SSSR count). The van der Waals surface area contributed by atoms with Crippen molar-refractivity contribution in [1.29, 1.82) is 0 Å². The van der Waals surface area contributed by atoms with Crippen LogP contribution in [-0.4, -0.2) is 28.1 Å². The normalized spacial score (nSPS) is 20.8. The zero-order chi connectivity index (χ0) is 21.1. The summed E-state index contributed by atoms with van der Waals surface area (Å²) < 4.78 is 0. The summed E-state index contributed by atoms with van der Waals surface area (Å²) in [7, 11) is 0. The third kappa shape index (κ3) is 8.53. The summed E-state index contributed by atoms with van der Waals surface area (Å²) in [6.07, 6.45) is 14.3. The Balaban J connectivity index is 1.70. The van der Waals surface area contributed by atoms with Gasteiger partial charge in [-0.25, -0.2) is 4.79 Å². The number of aliphatic hydroxyl groups is 1. The number of carboxylic acid groups (broad SMARTS) is 1. The summed E-state index contributed by atoms with van der Waals surface area (Å²) in [5.74, 6) is 0.0421. The van der Waals surface area contributed by atoms with Crippen molar-refractivity contribution in [2.75, 3.05) is 0 Å². The second-order valence-electron chi connectivity index (χ2n) is 8.39. The van der Waals surface area contributed by atoms with Crippen LogP contribution < -0.4 is 0 Å². The van der Waals surface area contributed by atoms with Crippen molar-refractivity contribution in [1.82, 2.24) is 0 Å². The van der Waals surface area contributed by atoms with E-state index in [-0.39, 0.29) is 12.0 Å². The van der Waals surface area contributed by atoms with Crippen LogP contribution in [0.25, 0.3) is 0 Å². The number of ketones is 1. The Morgan fingerprint density at radius 2 is 1.93 bits per heavy atom. The number of carboxylic acids is 1. The Kier molecular flexibility index (Phi) is 10.1. The second-order valence-corrected chi connectivity index (χ2v) is 8.39. The summed E-state index contributed by atoms with van der Waals surface area (Å²) in [6, 6.07) is 7.05. The van der Waals surface area contributed by atoms with E-state index in [1.54, 1.807) is 12.1 Å². The number of unbranched alkanes of at least 4 members (excludes halogenated alkanes) is 3. The number of rotatable bonds is 12. The van der Waals surface area contributed by atoms with Gasteiger partial charge in [-0.3, -0.25) is 4.79 Å². The van der Waals surface area contributed by atoms with Crippen LogP contribution in [0.4, 0.5) is 0 Å². The Morgan fingerprint density at radius 1 is 1.17 bits per heavy atom. The third-order valence-electron chi connectivity index (χ3n) is 5.98. The smallest absolute Gasteiger partial charge is 0.335 e. The lowest BCUT2D eigenvalue weighted by atomic mass is 9.78. The van der Waals surface area contributed by atoms with Gasteiger partial charge in [-0.15, -0.1) is 0 Å². The zero-order valence-corrected chi connectivity index (χ0v) is 17.7. The Hall–Kier alpha value is -1.94. The molecule has 0 bridgehead atoms. The van der Waals surface area contributed by atoms with Gasteiger partial charge < -0.3 is 10.2 Å². The number of allylic oxidation sites excluding steroid dienone is 1. The predicted molar refractivity (Wildman–Crippen MR) is 116 cm³/mol. The Morgan fingerprint density at radius 3 is 2.62 bits per heavy atom. The SMILES string of the molecule is CCCCCC(O)/C=C/[C@@H]1CCC(=O)C(CCCCc2ccc(C(=O)O)cc2)C1. The molecule has 1 fully saturated rings. The molecule has 3 atom stereocenters. The number of aryl methyl sites for hydroxylation is 1. The molecular weight excluding hydrogens is 364 g/mol. The maximum Gasteiger partial charge on any atom is 0.335 e. The van der Waals surface area contributed by atoms with E-state index in [0.29, 0.717) is 23.7 Å². The van der Waals surface area contributed by atoms with Crippen molar-refractivity contribution in [3.8, 4) is 0 Å². The summed E-state index contributed by atoms with van der Waals surface area (Å²) in [5.41, 5.74) is 1.46. The average Bonchev–Trinajstić information content (AvgIpc) is 2.72. The molecule has 1 saturated carbocycles. The van der Waals surface area contributed by atoms with E-state index in [1.807, 2.05) is 18.2 Å². The lowest BCUT2D eigenvalue weighted by molar-refractivity contribution is -0.125. The van der Waals surface area contributed by atoms with E-state index in [4.69, 9.17) is 5.11 Å². The van der Waals surface area contributed by atoms with Crippen LogP contribution in [-0.2, 0) is 11.2 Å². The molecule has 1 aromatic carbocycles. The van der Waals surface area contributed by atoms with E-state index in [2.05, 4.69) is 13.0 Å². The zero-order valence-electron chi connectivity index (χ0n) is 17.7. The molecule has 0 saturated heterocycles. The van der Waals surface area contributed by atoms with Gasteiger partial charge in [0.2, 0.25) is 0 Å². The molecule has 0 aromatic heterocycles. The van der Waals surface area contributed by atoms with Gasteiger partial charge in [0.15, 0.2) is 0 Å². The predicted octanol–water partition coefficient (Wildman–Crippen LogP) is 5.58. The van der Waals surface area contributed by atoms with Crippen molar-refractivity contribution in [3.63, 3.8) is 0 Å². The van der Waals surface area contributed by atoms with Gasteiger partial charge >= 0.3 is 5.97 Å². The highest BCUT2D eigenvalue weighted by molar-refractivity contribution is 5.87. The van der Waals surface area contributed by atoms with Crippen LogP contribution in [0.15, 0.2) is 36.4 Å². The van der Waals surface area contributed by atoms with Crippen LogP contribution in [0, 0.1) is 11.8 Å². The minimum absolute atomic E-state index is 0.144. The van der Waals surface area contributed by atoms with Crippen LogP contribution >= 0.6 is 0 Å². The van der Waals surface area contributed by atoms with E-state index >= 15 is 0 Å². The van der Waals surface area contributed by atoms with Gasteiger partial charge in [0.1, 0.15) is 5.78 Å². The molecule has 29 heavy (non-hydrogen) atoms. The molecule has 1 aliphatic rings. The highest BCUT2D eigenvalue weighted by Crippen LogP contribution is 2.31. The first-order valence-electron chi connectivity index (χ1n) is 11.2. The molecule has 0 radical (unpaired) electrons. The number of carbonyl (C=O) groups excluding carboxylic acids is 1. The summed E-state index contributed by atoms with van der Waals surface area (Å²) in [5, 5.41) is 19.0. The quantitative estimate of drug-likeness (QED) is 0.355. The van der Waals surface area contributed by atoms with E-state index in [0.717, 1.165) is 69.8 Å². The lowest BCUT2D eigenvalue weighted by Gasteiger charge is -2.26. The molecule has 2 N–H and O–H groups in total. The number of benzene rings is 1. The third-order valence-corrected chi connectivity index (χ3v) is 5.98. The largest absolute Gasteiger partial charge is 0.478 e. The van der Waals surface area contributed by atoms with Gasteiger partial charge in [0, 0.05) is 12.3 Å². The first-order valence-corrected chi connectivity index (χ1v) is 11.2. The Bertz CT molecular complexity index is 662. The van der Waals surface area contributed by atoms with Crippen molar-refractivity contribution in [3.05, 3.63) is 47.5 Å². The maximum absolute atomic E-state index is 12.3. The van der Waals surface area contributed by atoms with Gasteiger partial charge in [-0.2, -0.15) is 0 Å². The number of carbonyl (C=O) groups is 2. The molecule has 4 nitrogen and oxygen atoms in total. The monoisotopic (exact) mass is 400 g/mol. The standard InChI is InChI=1S/C25H36O4/c1-2-3-4-9-23(26)16-12-20-13-17-24(27)22(18-20)8-6-5-7-19-10-14-21(15-11-19)25(28)29/h10-12,14-16,20,22-23,26H,2-9,13,17-18H2,1H3,(H,28,29)/b16-12+/t20-,22?,23?/m1/s1. The number of aromatic carboxylic acids is 1. The minimum Gasteiger partial charge on any atom is -0.478 e. The average molecular weight is 401 g/mol. The fourth-order valence-corrected chi connectivity index (χ4v) is 4.12. The number of aliphatic hydroxyl groups excluding tert-OH is 1.